The predicted octanol–water partition coefficient (Wildman–Crippen LogP) is 2.51. The molecule has 1 fully saturated rings. The molecule has 4 aromatic rings. The third-order valence-corrected chi connectivity index (χ3v) is 8.31. The molecule has 272 valence electrons. The van der Waals surface area contributed by atoms with Crippen molar-refractivity contribution in [3.8, 4) is 11.5 Å². The van der Waals surface area contributed by atoms with Gasteiger partial charge in [-0.15, -0.1) is 0 Å². The van der Waals surface area contributed by atoms with Crippen molar-refractivity contribution in [3.63, 3.8) is 0 Å². The number of fused-ring (bicyclic) bond motifs is 1. The van der Waals surface area contributed by atoms with E-state index in [0.717, 1.165) is 26.1 Å². The monoisotopic (exact) mass is 706 g/mol. The molecule has 0 bridgehead atoms. The minimum atomic E-state index is -0.996. The number of ether oxygens (including phenoxy) is 3. The molecule has 0 aliphatic carbocycles. The number of nitrogens with zero attached hydrogens (tertiary/aromatic N) is 5. The largest absolute Gasteiger partial charge is 0.494 e. The molecule has 17 heteroatoms. The first-order chi connectivity index (χ1) is 24.5. The zero-order valence-corrected chi connectivity index (χ0v) is 28.8. The molecule has 1 aliphatic rings. The molecule has 0 radical (unpaired) electrons. The van der Waals surface area contributed by atoms with Crippen LogP contribution >= 0.6 is 0 Å². The summed E-state index contributed by atoms with van der Waals surface area (Å²) in [5.74, 6) is -2.56. The van der Waals surface area contributed by atoms with Gasteiger partial charge in [-0.05, 0) is 44.5 Å². The smallest absolute Gasteiger partial charge is 0.276 e. The molecule has 8 N–H and O–H groups in total. The number of hydrogen-bond acceptors (Lipinski definition) is 11. The fourth-order valence-corrected chi connectivity index (χ4v) is 5.79. The Bertz CT molecular complexity index is 1950. The van der Waals surface area contributed by atoms with E-state index in [4.69, 9.17) is 31.4 Å². The number of hydrogen-bond donors (Lipinski definition) is 5. The maximum absolute atomic E-state index is 15.6. The molecule has 0 spiro atoms. The zero-order valence-electron chi connectivity index (χ0n) is 28.8. The number of anilines is 3. The number of imidazole rings is 1. The van der Waals surface area contributed by atoms with E-state index in [-0.39, 0.29) is 52.8 Å². The van der Waals surface area contributed by atoms with Crippen LogP contribution in [-0.2, 0) is 17.8 Å². The number of nitrogens with one attached hydrogen (secondary N) is 2. The highest BCUT2D eigenvalue weighted by Gasteiger charge is 2.25. The Kier molecular flexibility index (Phi) is 11.7. The third-order valence-electron chi connectivity index (χ3n) is 8.31. The first-order valence-electron chi connectivity index (χ1n) is 16.5. The molecule has 3 heterocycles. The quantitative estimate of drug-likeness (QED) is 0.0647. The second kappa shape index (κ2) is 16.4. The highest BCUT2D eigenvalue weighted by molar-refractivity contribution is 6.04. The lowest BCUT2D eigenvalue weighted by Gasteiger charge is -2.26. The summed E-state index contributed by atoms with van der Waals surface area (Å²) in [6.45, 7) is 8.82. The molecule has 1 saturated heterocycles. The SMILES string of the molecule is CCn1nc(C)cc1C(=O)Nc1nc2c(F)c(C(N)=O)cc(OC)c2n1C/C=C/CNc1c(N)cc(C(N)=O)cc1OCCCN1CCOCC1. The number of amides is 3. The van der Waals surface area contributed by atoms with Gasteiger partial charge in [-0.25, -0.2) is 9.37 Å². The molecule has 2 aromatic heterocycles. The zero-order chi connectivity index (χ0) is 36.7. The number of nitrogen functional groups attached to an aromatic ring is 1. The minimum Gasteiger partial charge on any atom is -0.494 e. The van der Waals surface area contributed by atoms with Gasteiger partial charge in [0.05, 0.1) is 43.9 Å². The van der Waals surface area contributed by atoms with Gasteiger partial charge < -0.3 is 41.3 Å². The second-order valence-corrected chi connectivity index (χ2v) is 11.8. The number of aryl methyl sites for hydroxylation is 2. The normalized spacial score (nSPS) is 13.5. The molecule has 1 aliphatic heterocycles. The number of nitrogens with two attached hydrogens (primary N) is 3. The van der Waals surface area contributed by atoms with Gasteiger partial charge in [-0.1, -0.05) is 12.2 Å². The predicted molar refractivity (Wildman–Crippen MR) is 190 cm³/mol. The summed E-state index contributed by atoms with van der Waals surface area (Å²) in [5.41, 5.74) is 18.8. The molecule has 0 atom stereocenters. The number of methoxy groups -OCH3 is 1. The van der Waals surface area contributed by atoms with E-state index in [0.29, 0.717) is 43.5 Å². The number of morpholine rings is 1. The molecule has 3 amide bonds. The summed E-state index contributed by atoms with van der Waals surface area (Å²) in [6.07, 6.45) is 4.31. The van der Waals surface area contributed by atoms with E-state index < -0.39 is 29.1 Å². The Balaban J connectivity index is 1.37. The number of aromatic nitrogens is 4. The van der Waals surface area contributed by atoms with E-state index in [1.165, 1.54) is 19.2 Å². The molecule has 2 aromatic carbocycles. The lowest BCUT2D eigenvalue weighted by atomic mass is 10.1. The average molecular weight is 707 g/mol. The molecule has 0 unspecified atom stereocenters. The van der Waals surface area contributed by atoms with Gasteiger partial charge in [0.25, 0.3) is 11.8 Å². The maximum Gasteiger partial charge on any atom is 0.276 e. The van der Waals surface area contributed by atoms with Gasteiger partial charge in [0.2, 0.25) is 11.9 Å². The number of halogens is 1. The molecule has 51 heavy (non-hydrogen) atoms. The number of allylic oxidation sites excluding steroid dienone is 1. The van der Waals surface area contributed by atoms with Crippen LogP contribution in [-0.4, -0.2) is 95.1 Å². The van der Waals surface area contributed by atoms with E-state index in [2.05, 4.69) is 25.6 Å². The summed E-state index contributed by atoms with van der Waals surface area (Å²) >= 11 is 0. The summed E-state index contributed by atoms with van der Waals surface area (Å²) in [5, 5.41) is 10.3. The Morgan fingerprint density at radius 3 is 2.53 bits per heavy atom. The van der Waals surface area contributed by atoms with E-state index in [1.54, 1.807) is 40.5 Å². The van der Waals surface area contributed by atoms with Crippen LogP contribution in [0.15, 0.2) is 36.4 Å². The minimum absolute atomic E-state index is 0.00647. The van der Waals surface area contributed by atoms with Crippen LogP contribution in [0.1, 0.15) is 50.2 Å². The number of carbonyl (C=O) groups is 3. The first-order valence-corrected chi connectivity index (χ1v) is 16.5. The van der Waals surface area contributed by atoms with Crippen molar-refractivity contribution in [2.24, 2.45) is 11.5 Å². The number of benzene rings is 2. The molecule has 16 nitrogen and oxygen atoms in total. The fourth-order valence-electron chi connectivity index (χ4n) is 5.79. The Morgan fingerprint density at radius 1 is 1.08 bits per heavy atom. The lowest BCUT2D eigenvalue weighted by Crippen LogP contribution is -2.37. The van der Waals surface area contributed by atoms with Crippen LogP contribution in [0.2, 0.25) is 0 Å². The van der Waals surface area contributed by atoms with Gasteiger partial charge in [-0.3, -0.25) is 29.3 Å². The Labute approximate surface area is 293 Å². The van der Waals surface area contributed by atoms with Crippen molar-refractivity contribution in [3.05, 3.63) is 64.7 Å². The van der Waals surface area contributed by atoms with Crippen molar-refractivity contribution < 1.29 is 33.0 Å². The summed E-state index contributed by atoms with van der Waals surface area (Å²) in [4.78, 5) is 44.0. The van der Waals surface area contributed by atoms with Gasteiger partial charge >= 0.3 is 0 Å². The highest BCUT2D eigenvalue weighted by atomic mass is 19.1. The van der Waals surface area contributed by atoms with Gasteiger partial charge in [0.15, 0.2) is 5.82 Å². The van der Waals surface area contributed by atoms with Crippen LogP contribution in [0, 0.1) is 12.7 Å². The summed E-state index contributed by atoms with van der Waals surface area (Å²) < 4.78 is 35.6. The Hall–Kier alpha value is -5.68. The standard InChI is InChI=1S/C34H43FN10O6/c1-4-45-24(16-20(2)42-45)33(48)41-34-40-29-27(35)22(32(38)47)19-26(49-3)30(29)44(34)10-6-5-8-39-28-23(36)17-21(31(37)46)18-25(28)51-13-7-9-43-11-14-50-15-12-43/h5-6,16-19,39H,4,7-15,36H2,1-3H3,(H2,37,46)(H2,38,47)(H,40,41,48)/b6-5+. The molecule has 0 saturated carbocycles. The van der Waals surface area contributed by atoms with Crippen molar-refractivity contribution in [1.29, 1.82) is 0 Å². The second-order valence-electron chi connectivity index (χ2n) is 11.8. The van der Waals surface area contributed by atoms with Crippen LogP contribution in [0.3, 0.4) is 0 Å². The average Bonchev–Trinajstić information content (AvgIpc) is 3.67. The molecular formula is C34H43FN10O6. The molecular weight excluding hydrogens is 663 g/mol. The van der Waals surface area contributed by atoms with Crippen molar-refractivity contribution in [2.45, 2.75) is 33.4 Å². The Morgan fingerprint density at radius 2 is 1.84 bits per heavy atom. The van der Waals surface area contributed by atoms with Crippen molar-refractivity contribution in [2.75, 3.05) is 69.5 Å². The van der Waals surface area contributed by atoms with Crippen LogP contribution in [0.25, 0.3) is 11.0 Å². The van der Waals surface area contributed by atoms with E-state index in [9.17, 15) is 14.4 Å². The van der Waals surface area contributed by atoms with E-state index >= 15 is 4.39 Å². The topological polar surface area (TPSA) is 220 Å². The van der Waals surface area contributed by atoms with Crippen LogP contribution in [0.5, 0.6) is 11.5 Å². The summed E-state index contributed by atoms with van der Waals surface area (Å²) in [7, 11) is 1.37. The number of primary amides is 2. The fraction of sp³-hybridized carbons (Fsp3) is 0.382. The lowest BCUT2D eigenvalue weighted by molar-refractivity contribution is 0.0358. The summed E-state index contributed by atoms with van der Waals surface area (Å²) in [6, 6.07) is 5.87. The van der Waals surface area contributed by atoms with Crippen LogP contribution < -0.4 is 37.3 Å². The van der Waals surface area contributed by atoms with Gasteiger partial charge in [0, 0.05) is 44.8 Å². The van der Waals surface area contributed by atoms with Gasteiger partial charge in [-0.2, -0.15) is 5.10 Å². The van der Waals surface area contributed by atoms with Crippen molar-refractivity contribution >= 4 is 46.1 Å². The third kappa shape index (κ3) is 8.38. The first kappa shape index (κ1) is 36.6. The highest BCUT2D eigenvalue weighted by Crippen LogP contribution is 2.34. The van der Waals surface area contributed by atoms with E-state index in [1.807, 2.05) is 6.92 Å². The van der Waals surface area contributed by atoms with Gasteiger partial charge in [0.1, 0.15) is 33.9 Å². The molecule has 5 rings (SSSR count). The van der Waals surface area contributed by atoms with Crippen LogP contribution in [0.4, 0.5) is 21.7 Å². The number of rotatable bonds is 16. The maximum atomic E-state index is 15.6. The number of carbonyl (C=O) groups excluding carboxylic acids is 3. The van der Waals surface area contributed by atoms with Crippen molar-refractivity contribution in [1.82, 2.24) is 24.2 Å².